The monoisotopic (exact) mass is 329 g/mol. The van der Waals surface area contributed by atoms with Gasteiger partial charge in [-0.05, 0) is 40.1 Å². The fourth-order valence-electron chi connectivity index (χ4n) is 2.76. The highest BCUT2D eigenvalue weighted by molar-refractivity contribution is 7.20. The van der Waals surface area contributed by atoms with Crippen molar-refractivity contribution in [1.29, 1.82) is 0 Å². The first-order valence-electron chi connectivity index (χ1n) is 7.25. The van der Waals surface area contributed by atoms with E-state index >= 15 is 0 Å². The maximum absolute atomic E-state index is 12.7. The molecule has 1 amide bonds. The maximum Gasteiger partial charge on any atom is 0.264 e. The highest BCUT2D eigenvalue weighted by Crippen LogP contribution is 2.35. The Morgan fingerprint density at radius 1 is 1.18 bits per heavy atom. The van der Waals surface area contributed by atoms with Crippen LogP contribution in [0.15, 0.2) is 41.1 Å². The lowest BCUT2D eigenvalue weighted by atomic mass is 10.0. The Hall–Kier alpha value is -1.69. The molecule has 112 valence electrons. The van der Waals surface area contributed by atoms with Crippen molar-refractivity contribution in [1.82, 2.24) is 4.90 Å². The molecule has 3 nitrogen and oxygen atoms in total. The predicted octanol–water partition coefficient (Wildman–Crippen LogP) is 4.10. The van der Waals surface area contributed by atoms with E-state index in [1.165, 1.54) is 21.2 Å². The second-order valence-electron chi connectivity index (χ2n) is 5.24. The van der Waals surface area contributed by atoms with Gasteiger partial charge in [-0.15, -0.1) is 11.3 Å². The second-order valence-corrected chi connectivity index (χ2v) is 7.11. The molecule has 3 heterocycles. The van der Waals surface area contributed by atoms with Gasteiger partial charge in [0.2, 0.25) is 0 Å². The molecule has 0 unspecified atom stereocenters. The van der Waals surface area contributed by atoms with Gasteiger partial charge in [-0.25, -0.2) is 0 Å². The average Bonchev–Trinajstić information content (AvgIpc) is 3.24. The van der Waals surface area contributed by atoms with Gasteiger partial charge in [0.05, 0.1) is 18.1 Å². The number of fused-ring (bicyclic) bond motifs is 1. The Kier molecular flexibility index (Phi) is 3.70. The molecule has 0 aliphatic carbocycles. The molecule has 1 fully saturated rings. The number of carbonyl (C=O) groups is 1. The van der Waals surface area contributed by atoms with Crippen molar-refractivity contribution in [2.45, 2.75) is 0 Å². The van der Waals surface area contributed by atoms with E-state index in [4.69, 9.17) is 4.74 Å². The number of morpholine rings is 1. The van der Waals surface area contributed by atoms with Crippen LogP contribution in [0.4, 0.5) is 0 Å². The fraction of sp³-hybridized carbons (Fsp3) is 0.235. The molecule has 0 atom stereocenters. The van der Waals surface area contributed by atoms with Crippen molar-refractivity contribution in [2.75, 3.05) is 26.3 Å². The van der Waals surface area contributed by atoms with Crippen molar-refractivity contribution in [3.05, 3.63) is 46.0 Å². The molecule has 0 bridgehead atoms. The summed E-state index contributed by atoms with van der Waals surface area (Å²) in [5.74, 6) is 0.126. The summed E-state index contributed by atoms with van der Waals surface area (Å²) in [6, 6.07) is 10.5. The number of hydrogen-bond acceptors (Lipinski definition) is 4. The third-order valence-electron chi connectivity index (χ3n) is 3.90. The van der Waals surface area contributed by atoms with Crippen LogP contribution in [-0.2, 0) is 4.74 Å². The topological polar surface area (TPSA) is 29.5 Å². The van der Waals surface area contributed by atoms with Gasteiger partial charge in [-0.3, -0.25) is 4.79 Å². The largest absolute Gasteiger partial charge is 0.378 e. The molecule has 4 rings (SSSR count). The molecule has 2 aromatic heterocycles. The molecule has 22 heavy (non-hydrogen) atoms. The Labute approximate surface area is 136 Å². The quantitative estimate of drug-likeness (QED) is 0.708. The number of amides is 1. The number of carbonyl (C=O) groups excluding carboxylic acids is 1. The summed E-state index contributed by atoms with van der Waals surface area (Å²) in [6.45, 7) is 2.64. The predicted molar refractivity (Wildman–Crippen MR) is 91.9 cm³/mol. The third-order valence-corrected chi connectivity index (χ3v) is 5.67. The third kappa shape index (κ3) is 2.45. The highest BCUT2D eigenvalue weighted by atomic mass is 32.1. The molecule has 1 aromatic carbocycles. The minimum Gasteiger partial charge on any atom is -0.378 e. The lowest BCUT2D eigenvalue weighted by Gasteiger charge is -2.26. The molecule has 1 aliphatic rings. The zero-order valence-corrected chi connectivity index (χ0v) is 13.6. The zero-order chi connectivity index (χ0) is 14.9. The fourth-order valence-corrected chi connectivity index (χ4v) is 4.47. The van der Waals surface area contributed by atoms with E-state index in [0.717, 1.165) is 4.88 Å². The minimum absolute atomic E-state index is 0.126. The maximum atomic E-state index is 12.7. The minimum atomic E-state index is 0.126. The summed E-state index contributed by atoms with van der Waals surface area (Å²) in [7, 11) is 0. The van der Waals surface area contributed by atoms with Crippen molar-refractivity contribution in [3.8, 4) is 11.1 Å². The summed E-state index contributed by atoms with van der Waals surface area (Å²) in [5, 5.41) is 5.40. The Bertz CT molecular complexity index is 801. The van der Waals surface area contributed by atoms with E-state index in [1.807, 2.05) is 11.0 Å². The molecule has 0 N–H and O–H groups in total. The van der Waals surface area contributed by atoms with Crippen LogP contribution in [0.2, 0.25) is 0 Å². The van der Waals surface area contributed by atoms with E-state index in [-0.39, 0.29) is 5.91 Å². The van der Waals surface area contributed by atoms with Gasteiger partial charge in [-0.2, -0.15) is 11.3 Å². The van der Waals surface area contributed by atoms with Crippen LogP contribution in [-0.4, -0.2) is 37.1 Å². The summed E-state index contributed by atoms with van der Waals surface area (Å²) in [5.41, 5.74) is 2.43. The van der Waals surface area contributed by atoms with Crippen molar-refractivity contribution < 1.29 is 9.53 Å². The number of benzene rings is 1. The zero-order valence-electron chi connectivity index (χ0n) is 12.0. The highest BCUT2D eigenvalue weighted by Gasteiger charge is 2.21. The van der Waals surface area contributed by atoms with E-state index in [1.54, 1.807) is 22.7 Å². The SMILES string of the molecule is O=C(c1cc2c(-c3ccsc3)cccc2s1)N1CCOCC1. The van der Waals surface area contributed by atoms with Gasteiger partial charge >= 0.3 is 0 Å². The second kappa shape index (κ2) is 5.83. The molecule has 1 aliphatic heterocycles. The summed E-state index contributed by atoms with van der Waals surface area (Å²) >= 11 is 3.27. The number of hydrogen-bond donors (Lipinski definition) is 0. The molecular weight excluding hydrogens is 314 g/mol. The molecule has 0 radical (unpaired) electrons. The molecule has 5 heteroatoms. The van der Waals surface area contributed by atoms with Crippen LogP contribution < -0.4 is 0 Å². The Morgan fingerprint density at radius 2 is 2.05 bits per heavy atom. The smallest absolute Gasteiger partial charge is 0.264 e. The number of ether oxygens (including phenoxy) is 1. The van der Waals surface area contributed by atoms with Crippen LogP contribution in [0.3, 0.4) is 0 Å². The molecule has 3 aromatic rings. The van der Waals surface area contributed by atoms with Gasteiger partial charge in [0.1, 0.15) is 0 Å². The Morgan fingerprint density at radius 3 is 2.82 bits per heavy atom. The van der Waals surface area contributed by atoms with Crippen LogP contribution in [0.5, 0.6) is 0 Å². The van der Waals surface area contributed by atoms with Gasteiger partial charge in [0.15, 0.2) is 0 Å². The standard InChI is InChI=1S/C17H15NO2S2/c19-17(18-5-7-20-8-6-18)16-10-14-13(12-4-9-21-11-12)2-1-3-15(14)22-16/h1-4,9-11H,5-8H2. The summed E-state index contributed by atoms with van der Waals surface area (Å²) in [4.78, 5) is 15.4. The van der Waals surface area contributed by atoms with Crippen LogP contribution >= 0.6 is 22.7 Å². The van der Waals surface area contributed by atoms with Crippen LogP contribution in [0, 0.1) is 0 Å². The lowest BCUT2D eigenvalue weighted by molar-refractivity contribution is 0.0306. The Balaban J connectivity index is 1.74. The van der Waals surface area contributed by atoms with Crippen LogP contribution in [0.25, 0.3) is 21.2 Å². The van der Waals surface area contributed by atoms with Gasteiger partial charge in [0, 0.05) is 23.2 Å². The number of thiophene rings is 2. The van der Waals surface area contributed by atoms with Crippen LogP contribution in [0.1, 0.15) is 9.67 Å². The van der Waals surface area contributed by atoms with E-state index in [2.05, 4.69) is 35.0 Å². The number of rotatable bonds is 2. The van der Waals surface area contributed by atoms with Crippen molar-refractivity contribution in [3.63, 3.8) is 0 Å². The number of nitrogens with zero attached hydrogens (tertiary/aromatic N) is 1. The van der Waals surface area contributed by atoms with E-state index in [0.29, 0.717) is 26.3 Å². The van der Waals surface area contributed by atoms with Crippen molar-refractivity contribution >= 4 is 38.7 Å². The first-order valence-corrected chi connectivity index (χ1v) is 9.01. The molecule has 0 spiro atoms. The van der Waals surface area contributed by atoms with E-state index < -0.39 is 0 Å². The van der Waals surface area contributed by atoms with E-state index in [9.17, 15) is 4.79 Å². The summed E-state index contributed by atoms with van der Waals surface area (Å²) in [6.07, 6.45) is 0. The first-order chi connectivity index (χ1) is 10.8. The van der Waals surface area contributed by atoms with Gasteiger partial charge in [-0.1, -0.05) is 12.1 Å². The molecule has 1 saturated heterocycles. The summed E-state index contributed by atoms with van der Waals surface area (Å²) < 4.78 is 6.49. The molecular formula is C17H15NO2S2. The normalized spacial score (nSPS) is 15.4. The van der Waals surface area contributed by atoms with Gasteiger partial charge < -0.3 is 9.64 Å². The lowest BCUT2D eigenvalue weighted by Crippen LogP contribution is -2.40. The van der Waals surface area contributed by atoms with Gasteiger partial charge in [0.25, 0.3) is 5.91 Å². The van der Waals surface area contributed by atoms with Crippen molar-refractivity contribution in [2.24, 2.45) is 0 Å². The molecule has 0 saturated carbocycles. The average molecular weight is 329 g/mol. The first kappa shape index (κ1) is 13.9.